The molecule has 2 aliphatic heterocycles. The number of aryl methyl sites for hydroxylation is 1. The van der Waals surface area contributed by atoms with Crippen LogP contribution in [-0.4, -0.2) is 94.1 Å². The normalized spacial score (nSPS) is 21.3. The number of amides is 3. The Morgan fingerprint density at radius 3 is 2.89 bits per heavy atom. The number of carbonyl (C=O) groups is 4. The van der Waals surface area contributed by atoms with E-state index in [0.29, 0.717) is 22.9 Å². The van der Waals surface area contributed by atoms with Crippen LogP contribution >= 0.6 is 34.9 Å². The standard InChI is InChI=1S/C19H19N9O6S3/c1-27-19(23-25-26-27)37-5-8-4-35-16-12(15(31)28(16)13(8)17(32)33)22-14(30)11(24-34-9-2-3-9)10-6-36-18(21-10)20-7-29/h6-7,9,12,16H,2-5H2,1H3,(H,22,30)(H,32,33)(H,20,21,29)/b24-11-/t12-,16-/m1/s1. The van der Waals surface area contributed by atoms with Crippen molar-refractivity contribution in [2.24, 2.45) is 12.2 Å². The van der Waals surface area contributed by atoms with Crippen LogP contribution < -0.4 is 10.6 Å². The number of thiazole rings is 1. The number of anilines is 1. The Balaban J connectivity index is 1.31. The highest BCUT2D eigenvalue weighted by Crippen LogP contribution is 2.41. The number of carboxylic acids is 1. The summed E-state index contributed by atoms with van der Waals surface area (Å²) in [5.41, 5.74) is 0.489. The number of hydrogen-bond donors (Lipinski definition) is 3. The zero-order valence-corrected chi connectivity index (χ0v) is 21.5. The van der Waals surface area contributed by atoms with Crippen LogP contribution in [0, 0.1) is 0 Å². The molecular weight excluding hydrogens is 546 g/mol. The van der Waals surface area contributed by atoms with Gasteiger partial charge in [-0.05, 0) is 28.8 Å². The Hall–Kier alpha value is -3.51. The van der Waals surface area contributed by atoms with Crippen LogP contribution in [0.25, 0.3) is 0 Å². The topological polar surface area (TPSA) is 194 Å². The minimum atomic E-state index is -1.23. The van der Waals surface area contributed by atoms with Gasteiger partial charge in [0.2, 0.25) is 11.6 Å². The summed E-state index contributed by atoms with van der Waals surface area (Å²) in [6, 6.07) is -0.957. The number of nitrogens with zero attached hydrogens (tertiary/aromatic N) is 7. The van der Waals surface area contributed by atoms with Gasteiger partial charge in [-0.25, -0.2) is 14.5 Å². The molecule has 18 heteroatoms. The van der Waals surface area contributed by atoms with Crippen LogP contribution in [0.15, 0.2) is 27.0 Å². The largest absolute Gasteiger partial charge is 0.477 e. The number of hydrogen-bond acceptors (Lipinski definition) is 13. The average Bonchev–Trinajstić information content (AvgIpc) is 3.44. The van der Waals surface area contributed by atoms with E-state index in [1.54, 1.807) is 7.05 Å². The van der Waals surface area contributed by atoms with Gasteiger partial charge in [0.15, 0.2) is 10.8 Å². The van der Waals surface area contributed by atoms with Gasteiger partial charge < -0.3 is 20.6 Å². The fraction of sp³-hybridized carbons (Fsp3) is 0.421. The number of tetrazole rings is 1. The monoisotopic (exact) mass is 565 g/mol. The lowest BCUT2D eigenvalue weighted by molar-refractivity contribution is -0.150. The maximum atomic E-state index is 13.1. The van der Waals surface area contributed by atoms with E-state index in [-0.39, 0.29) is 34.1 Å². The van der Waals surface area contributed by atoms with Gasteiger partial charge in [-0.2, -0.15) is 0 Å². The molecule has 194 valence electrons. The second-order valence-electron chi connectivity index (χ2n) is 8.04. The number of thioether (sulfide) groups is 2. The number of aromatic nitrogens is 5. The molecule has 3 aliphatic rings. The number of nitrogens with one attached hydrogen (secondary N) is 2. The zero-order valence-electron chi connectivity index (χ0n) is 19.1. The quantitative estimate of drug-likeness (QED) is 0.106. The highest BCUT2D eigenvalue weighted by Gasteiger charge is 2.54. The molecule has 2 atom stereocenters. The predicted octanol–water partition coefficient (Wildman–Crippen LogP) is -0.351. The van der Waals surface area contributed by atoms with Crippen molar-refractivity contribution < 1.29 is 29.1 Å². The summed E-state index contributed by atoms with van der Waals surface area (Å²) in [7, 11) is 1.67. The maximum Gasteiger partial charge on any atom is 0.352 e. The van der Waals surface area contributed by atoms with Crippen molar-refractivity contribution in [3.05, 3.63) is 22.3 Å². The van der Waals surface area contributed by atoms with Crippen LogP contribution in [0.1, 0.15) is 18.5 Å². The van der Waals surface area contributed by atoms with Gasteiger partial charge in [-0.1, -0.05) is 16.9 Å². The molecule has 2 aromatic heterocycles. The summed E-state index contributed by atoms with van der Waals surface area (Å²) in [6.07, 6.45) is 2.02. The van der Waals surface area contributed by atoms with Crippen molar-refractivity contribution in [2.75, 3.05) is 16.8 Å². The molecule has 15 nitrogen and oxygen atoms in total. The van der Waals surface area contributed by atoms with Gasteiger partial charge in [0, 0.05) is 23.9 Å². The van der Waals surface area contributed by atoms with Crippen molar-refractivity contribution in [2.45, 2.75) is 35.5 Å². The molecule has 1 aliphatic carbocycles. The van der Waals surface area contributed by atoms with E-state index in [1.807, 2.05) is 0 Å². The Kier molecular flexibility index (Phi) is 7.11. The first-order valence-electron chi connectivity index (χ1n) is 10.8. The smallest absolute Gasteiger partial charge is 0.352 e. The number of carbonyl (C=O) groups excluding carboxylic acids is 3. The third kappa shape index (κ3) is 5.16. The second kappa shape index (κ2) is 10.5. The van der Waals surface area contributed by atoms with Crippen molar-refractivity contribution >= 4 is 69.9 Å². The van der Waals surface area contributed by atoms with Gasteiger partial charge in [0.25, 0.3) is 11.8 Å². The third-order valence-electron chi connectivity index (χ3n) is 5.45. The van der Waals surface area contributed by atoms with E-state index in [2.05, 4.69) is 36.3 Å². The van der Waals surface area contributed by atoms with Crippen molar-refractivity contribution in [1.82, 2.24) is 35.4 Å². The highest BCUT2D eigenvalue weighted by atomic mass is 32.2. The minimum absolute atomic E-state index is 0.0828. The van der Waals surface area contributed by atoms with E-state index in [0.717, 1.165) is 24.2 Å². The van der Waals surface area contributed by atoms with Gasteiger partial charge >= 0.3 is 5.97 Å². The molecule has 0 radical (unpaired) electrons. The average molecular weight is 566 g/mol. The van der Waals surface area contributed by atoms with Gasteiger partial charge in [-0.15, -0.1) is 28.2 Å². The van der Waals surface area contributed by atoms with Gasteiger partial charge in [0.1, 0.15) is 28.9 Å². The molecule has 0 spiro atoms. The lowest BCUT2D eigenvalue weighted by Gasteiger charge is -2.49. The Morgan fingerprint density at radius 2 is 2.22 bits per heavy atom. The molecule has 5 rings (SSSR count). The lowest BCUT2D eigenvalue weighted by Crippen LogP contribution is -2.71. The fourth-order valence-electron chi connectivity index (χ4n) is 3.50. The molecule has 37 heavy (non-hydrogen) atoms. The van der Waals surface area contributed by atoms with Crippen LogP contribution in [0.5, 0.6) is 0 Å². The number of rotatable bonds is 11. The van der Waals surface area contributed by atoms with E-state index in [1.165, 1.54) is 38.5 Å². The molecule has 0 unspecified atom stereocenters. The lowest BCUT2D eigenvalue weighted by atomic mass is 10.0. The van der Waals surface area contributed by atoms with Crippen LogP contribution in [0.4, 0.5) is 5.13 Å². The summed E-state index contributed by atoms with van der Waals surface area (Å²) in [6.45, 7) is 0. The SMILES string of the molecule is Cn1nnnc1SCC1=C(C(=O)O)N2C(=O)[C@@H](NC(=O)/C(=N\OC3CC3)c3csc(NC=O)n3)[C@H]2SC1. The maximum absolute atomic E-state index is 13.1. The molecule has 3 N–H and O–H groups in total. The Morgan fingerprint density at radius 1 is 1.41 bits per heavy atom. The van der Waals surface area contributed by atoms with E-state index in [4.69, 9.17) is 4.84 Å². The first kappa shape index (κ1) is 25.2. The first-order chi connectivity index (χ1) is 17.9. The number of aliphatic carboxylic acids is 1. The molecule has 1 saturated carbocycles. The molecule has 1 saturated heterocycles. The third-order valence-corrected chi connectivity index (χ3v) is 8.66. The zero-order chi connectivity index (χ0) is 26.1. The predicted molar refractivity (Wildman–Crippen MR) is 132 cm³/mol. The van der Waals surface area contributed by atoms with Gasteiger partial charge in [-0.3, -0.25) is 19.3 Å². The molecule has 4 heterocycles. The Labute approximate surface area is 221 Å². The van der Waals surface area contributed by atoms with Crippen molar-refractivity contribution in [3.8, 4) is 0 Å². The fourth-order valence-corrected chi connectivity index (χ4v) is 6.49. The number of fused-ring (bicyclic) bond motifs is 1. The van der Waals surface area contributed by atoms with E-state index >= 15 is 0 Å². The number of β-lactam (4-membered cyclic amide) rings is 1. The first-order valence-corrected chi connectivity index (χ1v) is 13.7. The molecule has 3 amide bonds. The van der Waals surface area contributed by atoms with Crippen molar-refractivity contribution in [3.63, 3.8) is 0 Å². The summed E-state index contributed by atoms with van der Waals surface area (Å²) in [5, 5.41) is 31.8. The molecule has 2 fully saturated rings. The van der Waals surface area contributed by atoms with Gasteiger partial charge in [0.05, 0.1) is 0 Å². The Bertz CT molecular complexity index is 1320. The molecular formula is C19H19N9O6S3. The molecule has 0 bridgehead atoms. The molecule has 2 aromatic rings. The van der Waals surface area contributed by atoms with E-state index < -0.39 is 29.2 Å². The summed E-state index contributed by atoms with van der Waals surface area (Å²) in [4.78, 5) is 59.7. The molecule has 0 aromatic carbocycles. The minimum Gasteiger partial charge on any atom is -0.477 e. The summed E-state index contributed by atoms with van der Waals surface area (Å²) in [5.74, 6) is -1.84. The van der Waals surface area contributed by atoms with Crippen LogP contribution in [0.3, 0.4) is 0 Å². The number of oxime groups is 1. The highest BCUT2D eigenvalue weighted by molar-refractivity contribution is 8.01. The van der Waals surface area contributed by atoms with Crippen LogP contribution in [-0.2, 0) is 31.1 Å². The summed E-state index contributed by atoms with van der Waals surface area (Å²) < 4.78 is 1.47. The summed E-state index contributed by atoms with van der Waals surface area (Å²) >= 11 is 3.71. The van der Waals surface area contributed by atoms with E-state index in [9.17, 15) is 24.3 Å². The van der Waals surface area contributed by atoms with Crippen LogP contribution in [0.2, 0.25) is 0 Å². The second-order valence-corrected chi connectivity index (χ2v) is 10.9. The van der Waals surface area contributed by atoms with Crippen molar-refractivity contribution in [1.29, 1.82) is 0 Å². The number of carboxylic acid groups (broad SMARTS) is 1.